The molecule has 0 aliphatic carbocycles. The molecule has 2 fully saturated rings. The highest BCUT2D eigenvalue weighted by molar-refractivity contribution is 5.73. The molecular weight excluding hydrogens is 238 g/mol. The molecule has 0 amide bonds. The Kier molecular flexibility index (Phi) is 5.68. The van der Waals surface area contributed by atoms with Gasteiger partial charge in [0.1, 0.15) is 0 Å². The number of carbonyl (C=O) groups is 1. The minimum absolute atomic E-state index is 0.0476. The lowest BCUT2D eigenvalue weighted by atomic mass is 9.84. The van der Waals surface area contributed by atoms with Crippen LogP contribution in [0.5, 0.6) is 0 Å². The molecule has 0 N–H and O–H groups in total. The Morgan fingerprint density at radius 3 is 2.79 bits per heavy atom. The maximum absolute atomic E-state index is 12.1. The molecule has 2 aliphatic heterocycles. The maximum Gasteiger partial charge on any atom is 0.310 e. The Labute approximate surface area is 117 Å². The smallest absolute Gasteiger partial charge is 0.310 e. The summed E-state index contributed by atoms with van der Waals surface area (Å²) >= 11 is 0. The molecule has 0 aromatic carbocycles. The summed E-state index contributed by atoms with van der Waals surface area (Å²) in [5.74, 6) is 0.191. The number of hydrogen-bond donors (Lipinski definition) is 0. The van der Waals surface area contributed by atoms with Crippen molar-refractivity contribution < 1.29 is 9.53 Å². The van der Waals surface area contributed by atoms with E-state index in [1.54, 1.807) is 0 Å². The van der Waals surface area contributed by atoms with Gasteiger partial charge in [0, 0.05) is 12.1 Å². The van der Waals surface area contributed by atoms with Crippen LogP contribution in [0.15, 0.2) is 0 Å². The molecule has 0 aromatic rings. The summed E-state index contributed by atoms with van der Waals surface area (Å²) in [5, 5.41) is 0. The minimum atomic E-state index is 0.0476. The lowest BCUT2D eigenvalue weighted by Gasteiger charge is -2.41. The lowest BCUT2D eigenvalue weighted by molar-refractivity contribution is -0.152. The molecule has 0 spiro atoms. The maximum atomic E-state index is 12.1. The van der Waals surface area contributed by atoms with Crippen LogP contribution in [0.25, 0.3) is 0 Å². The normalized spacial score (nSPS) is 31.2. The van der Waals surface area contributed by atoms with Crippen LogP contribution in [0.1, 0.15) is 65.2 Å². The zero-order valence-corrected chi connectivity index (χ0v) is 12.6. The summed E-state index contributed by atoms with van der Waals surface area (Å²) in [7, 11) is 0. The molecule has 110 valence electrons. The molecule has 2 aliphatic rings. The molecule has 2 heterocycles. The van der Waals surface area contributed by atoms with Gasteiger partial charge in [-0.05, 0) is 45.6 Å². The summed E-state index contributed by atoms with van der Waals surface area (Å²) in [6.45, 7) is 5.87. The third kappa shape index (κ3) is 3.50. The highest BCUT2D eigenvalue weighted by Crippen LogP contribution is 2.37. The van der Waals surface area contributed by atoms with E-state index < -0.39 is 0 Å². The van der Waals surface area contributed by atoms with Gasteiger partial charge in [0.2, 0.25) is 0 Å². The molecule has 19 heavy (non-hydrogen) atoms. The molecule has 0 bridgehead atoms. The second-order valence-electron chi connectivity index (χ2n) is 6.03. The van der Waals surface area contributed by atoms with E-state index in [0.717, 1.165) is 12.5 Å². The number of carbonyl (C=O) groups excluding carboxylic acids is 1. The third-order valence-electron chi connectivity index (χ3n) is 4.82. The van der Waals surface area contributed by atoms with Gasteiger partial charge in [-0.2, -0.15) is 0 Å². The standard InChI is InChI=1S/C16H29NO2/c1-3-5-6-8-13-10-11-14(16(18)19-4-2)15-9-7-12-17(13)15/h13-15H,3-12H2,1-2H3/t13-,14-,15-/m1/s1. The van der Waals surface area contributed by atoms with Crippen molar-refractivity contribution >= 4 is 5.97 Å². The molecule has 0 saturated carbocycles. The first-order chi connectivity index (χ1) is 9.27. The predicted molar refractivity (Wildman–Crippen MR) is 77.0 cm³/mol. The van der Waals surface area contributed by atoms with Crippen LogP contribution in [0.3, 0.4) is 0 Å². The fourth-order valence-corrected chi connectivity index (χ4v) is 3.89. The first-order valence-corrected chi connectivity index (χ1v) is 8.20. The van der Waals surface area contributed by atoms with E-state index in [9.17, 15) is 4.79 Å². The number of hydrogen-bond acceptors (Lipinski definition) is 3. The highest BCUT2D eigenvalue weighted by Gasteiger charge is 2.43. The van der Waals surface area contributed by atoms with Crippen molar-refractivity contribution in [3.63, 3.8) is 0 Å². The van der Waals surface area contributed by atoms with E-state index in [1.807, 2.05) is 6.92 Å². The van der Waals surface area contributed by atoms with Crippen LogP contribution < -0.4 is 0 Å². The Morgan fingerprint density at radius 1 is 1.21 bits per heavy atom. The fraction of sp³-hybridized carbons (Fsp3) is 0.938. The number of esters is 1. The quantitative estimate of drug-likeness (QED) is 0.546. The zero-order valence-electron chi connectivity index (χ0n) is 12.6. The van der Waals surface area contributed by atoms with Crippen molar-refractivity contribution in [3.8, 4) is 0 Å². The van der Waals surface area contributed by atoms with Gasteiger partial charge in [0.15, 0.2) is 0 Å². The molecule has 3 nitrogen and oxygen atoms in total. The van der Waals surface area contributed by atoms with Crippen LogP contribution in [0.4, 0.5) is 0 Å². The fourth-order valence-electron chi connectivity index (χ4n) is 3.89. The van der Waals surface area contributed by atoms with Gasteiger partial charge in [-0.3, -0.25) is 9.69 Å². The van der Waals surface area contributed by atoms with Gasteiger partial charge in [-0.25, -0.2) is 0 Å². The van der Waals surface area contributed by atoms with E-state index in [4.69, 9.17) is 4.74 Å². The Hall–Kier alpha value is -0.570. The molecule has 0 radical (unpaired) electrons. The van der Waals surface area contributed by atoms with Gasteiger partial charge < -0.3 is 4.74 Å². The number of fused-ring (bicyclic) bond motifs is 1. The molecule has 2 rings (SSSR count). The number of piperidine rings is 1. The first kappa shape index (κ1) is 14.8. The van der Waals surface area contributed by atoms with Crippen LogP contribution in [0, 0.1) is 5.92 Å². The largest absolute Gasteiger partial charge is 0.466 e. The third-order valence-corrected chi connectivity index (χ3v) is 4.82. The summed E-state index contributed by atoms with van der Waals surface area (Å²) in [6.07, 6.45) is 9.96. The Morgan fingerprint density at radius 2 is 2.05 bits per heavy atom. The van der Waals surface area contributed by atoms with E-state index in [-0.39, 0.29) is 11.9 Å². The van der Waals surface area contributed by atoms with Crippen molar-refractivity contribution in [2.45, 2.75) is 77.3 Å². The second-order valence-corrected chi connectivity index (χ2v) is 6.03. The van der Waals surface area contributed by atoms with Crippen molar-refractivity contribution in [1.82, 2.24) is 4.90 Å². The summed E-state index contributed by atoms with van der Waals surface area (Å²) in [5.41, 5.74) is 0. The predicted octanol–water partition coefficient (Wildman–Crippen LogP) is 3.37. The van der Waals surface area contributed by atoms with Gasteiger partial charge in [0.05, 0.1) is 12.5 Å². The van der Waals surface area contributed by atoms with Crippen LogP contribution >= 0.6 is 0 Å². The van der Waals surface area contributed by atoms with Crippen molar-refractivity contribution in [2.24, 2.45) is 5.92 Å². The number of rotatable bonds is 6. The topological polar surface area (TPSA) is 29.5 Å². The molecule has 2 saturated heterocycles. The zero-order chi connectivity index (χ0) is 13.7. The van der Waals surface area contributed by atoms with Gasteiger partial charge in [-0.15, -0.1) is 0 Å². The molecule has 0 unspecified atom stereocenters. The van der Waals surface area contributed by atoms with Crippen LogP contribution in [-0.2, 0) is 9.53 Å². The van der Waals surface area contributed by atoms with E-state index in [0.29, 0.717) is 12.6 Å². The van der Waals surface area contributed by atoms with Crippen LogP contribution in [0.2, 0.25) is 0 Å². The van der Waals surface area contributed by atoms with Gasteiger partial charge in [0.25, 0.3) is 0 Å². The molecular formula is C16H29NO2. The Bertz CT molecular complexity index is 292. The number of unbranched alkanes of at least 4 members (excludes halogenated alkanes) is 2. The Balaban J connectivity index is 1.91. The second kappa shape index (κ2) is 7.28. The summed E-state index contributed by atoms with van der Waals surface area (Å²) in [6, 6.07) is 1.20. The number of nitrogens with zero attached hydrogens (tertiary/aromatic N) is 1. The molecule has 3 heteroatoms. The first-order valence-electron chi connectivity index (χ1n) is 8.20. The molecule has 0 aromatic heterocycles. The van der Waals surface area contributed by atoms with E-state index in [2.05, 4.69) is 11.8 Å². The minimum Gasteiger partial charge on any atom is -0.466 e. The lowest BCUT2D eigenvalue weighted by Crippen LogP contribution is -2.49. The SMILES string of the molecule is CCCCC[C@@H]1CC[C@@H](C(=O)OCC)[C@H]2CCCN12. The monoisotopic (exact) mass is 267 g/mol. The number of ether oxygens (including phenoxy) is 1. The summed E-state index contributed by atoms with van der Waals surface area (Å²) in [4.78, 5) is 14.7. The summed E-state index contributed by atoms with van der Waals surface area (Å²) < 4.78 is 5.26. The average molecular weight is 267 g/mol. The van der Waals surface area contributed by atoms with E-state index >= 15 is 0 Å². The van der Waals surface area contributed by atoms with Crippen molar-refractivity contribution in [3.05, 3.63) is 0 Å². The molecule has 3 atom stereocenters. The average Bonchev–Trinajstić information content (AvgIpc) is 2.88. The highest BCUT2D eigenvalue weighted by atomic mass is 16.5. The van der Waals surface area contributed by atoms with Crippen molar-refractivity contribution in [2.75, 3.05) is 13.2 Å². The van der Waals surface area contributed by atoms with Gasteiger partial charge in [-0.1, -0.05) is 26.2 Å². The van der Waals surface area contributed by atoms with Crippen molar-refractivity contribution in [1.29, 1.82) is 0 Å². The van der Waals surface area contributed by atoms with Gasteiger partial charge >= 0.3 is 5.97 Å². The van der Waals surface area contributed by atoms with Crippen LogP contribution in [-0.4, -0.2) is 36.1 Å². The van der Waals surface area contributed by atoms with E-state index in [1.165, 1.54) is 51.5 Å².